The van der Waals surface area contributed by atoms with E-state index in [1.165, 1.54) is 5.56 Å². The van der Waals surface area contributed by atoms with Crippen molar-refractivity contribution in [3.8, 4) is 17.2 Å². The quantitative estimate of drug-likeness (QED) is 0.355. The molecule has 0 aliphatic carbocycles. The van der Waals surface area contributed by atoms with Crippen LogP contribution < -0.4 is 19.7 Å². The van der Waals surface area contributed by atoms with Crippen LogP contribution in [0.3, 0.4) is 0 Å². The Balaban J connectivity index is 1.66. The Morgan fingerprint density at radius 3 is 2.31 bits per heavy atom. The highest BCUT2D eigenvalue weighted by atomic mass is 32.1. The van der Waals surface area contributed by atoms with E-state index in [2.05, 4.69) is 51.8 Å². The minimum Gasteiger partial charge on any atom is -0.497 e. The van der Waals surface area contributed by atoms with Crippen LogP contribution in [0.4, 0.5) is 5.69 Å². The summed E-state index contributed by atoms with van der Waals surface area (Å²) in [5, 5.41) is 4.21. The first-order valence-corrected chi connectivity index (χ1v) is 11.9. The molecule has 0 saturated carbocycles. The molecule has 7 heteroatoms. The van der Waals surface area contributed by atoms with Gasteiger partial charge < -0.3 is 24.3 Å². The lowest BCUT2D eigenvalue weighted by Gasteiger charge is -2.28. The summed E-state index contributed by atoms with van der Waals surface area (Å²) in [6, 6.07) is 24.2. The normalized spacial score (nSPS) is 17.4. The Labute approximate surface area is 211 Å². The predicted molar refractivity (Wildman–Crippen MR) is 143 cm³/mol. The molecule has 1 saturated heterocycles. The SMILES string of the molecule is COc1ccc(N2C(=S)N[C@H](c3ccccn3)[C@@H]2c2cc(C)n(-c3cccc(OC)c3)c2C)cc1. The van der Waals surface area contributed by atoms with Crippen LogP contribution in [-0.4, -0.2) is 28.9 Å². The topological polar surface area (TPSA) is 51.5 Å². The molecule has 2 atom stereocenters. The molecule has 0 bridgehead atoms. The van der Waals surface area contributed by atoms with E-state index in [0.717, 1.165) is 40.0 Å². The minimum atomic E-state index is -0.106. The summed E-state index contributed by atoms with van der Waals surface area (Å²) in [6.07, 6.45) is 1.83. The van der Waals surface area contributed by atoms with Crippen molar-refractivity contribution in [1.82, 2.24) is 14.9 Å². The maximum atomic E-state index is 5.88. The Morgan fingerprint density at radius 2 is 1.63 bits per heavy atom. The maximum absolute atomic E-state index is 5.88. The summed E-state index contributed by atoms with van der Waals surface area (Å²) in [4.78, 5) is 6.86. The van der Waals surface area contributed by atoms with Gasteiger partial charge >= 0.3 is 0 Å². The first-order chi connectivity index (χ1) is 17.0. The van der Waals surface area contributed by atoms with Gasteiger partial charge in [0.1, 0.15) is 11.5 Å². The fourth-order valence-corrected chi connectivity index (χ4v) is 5.27. The highest BCUT2D eigenvalue weighted by molar-refractivity contribution is 7.80. The number of methoxy groups -OCH3 is 2. The van der Waals surface area contributed by atoms with Crippen LogP contribution in [0.1, 0.15) is 34.7 Å². The summed E-state index contributed by atoms with van der Waals surface area (Å²) >= 11 is 5.88. The van der Waals surface area contributed by atoms with E-state index in [-0.39, 0.29) is 12.1 Å². The molecule has 1 aliphatic heterocycles. The molecule has 1 fully saturated rings. The molecule has 0 amide bonds. The van der Waals surface area contributed by atoms with Crippen molar-refractivity contribution in [3.05, 3.63) is 102 Å². The number of nitrogens with zero attached hydrogens (tertiary/aromatic N) is 3. The van der Waals surface area contributed by atoms with Gasteiger partial charge in [-0.25, -0.2) is 0 Å². The summed E-state index contributed by atoms with van der Waals surface area (Å²) in [5.41, 5.74) is 6.47. The second kappa shape index (κ2) is 9.43. The van der Waals surface area contributed by atoms with E-state index in [0.29, 0.717) is 5.11 Å². The predicted octanol–water partition coefficient (Wildman–Crippen LogP) is 5.68. The Kier molecular flexibility index (Phi) is 6.17. The first kappa shape index (κ1) is 22.9. The fraction of sp³-hybridized carbons (Fsp3) is 0.214. The van der Waals surface area contributed by atoms with Crippen molar-refractivity contribution >= 4 is 23.0 Å². The average Bonchev–Trinajstić information content (AvgIpc) is 3.39. The molecule has 178 valence electrons. The van der Waals surface area contributed by atoms with Crippen molar-refractivity contribution < 1.29 is 9.47 Å². The zero-order valence-corrected chi connectivity index (χ0v) is 21.0. The maximum Gasteiger partial charge on any atom is 0.174 e. The van der Waals surface area contributed by atoms with Crippen molar-refractivity contribution in [3.63, 3.8) is 0 Å². The third kappa shape index (κ3) is 4.12. The second-order valence-corrected chi connectivity index (χ2v) is 8.94. The Morgan fingerprint density at radius 1 is 0.857 bits per heavy atom. The van der Waals surface area contributed by atoms with Gasteiger partial charge in [-0.05, 0) is 86.2 Å². The highest BCUT2D eigenvalue weighted by Crippen LogP contribution is 2.44. The van der Waals surface area contributed by atoms with Gasteiger partial charge in [-0.15, -0.1) is 0 Å². The largest absolute Gasteiger partial charge is 0.497 e. The van der Waals surface area contributed by atoms with E-state index in [4.69, 9.17) is 21.7 Å². The highest BCUT2D eigenvalue weighted by Gasteiger charge is 2.42. The van der Waals surface area contributed by atoms with Crippen LogP contribution in [0.15, 0.2) is 79.0 Å². The van der Waals surface area contributed by atoms with Gasteiger partial charge in [-0.1, -0.05) is 12.1 Å². The monoisotopic (exact) mass is 484 g/mol. The van der Waals surface area contributed by atoms with Crippen molar-refractivity contribution in [2.75, 3.05) is 19.1 Å². The number of hydrogen-bond donors (Lipinski definition) is 1. The summed E-state index contributed by atoms with van der Waals surface area (Å²) in [6.45, 7) is 4.29. The summed E-state index contributed by atoms with van der Waals surface area (Å²) in [7, 11) is 3.36. The lowest BCUT2D eigenvalue weighted by molar-refractivity contribution is 0.414. The van der Waals surface area contributed by atoms with Gasteiger partial charge in [0, 0.05) is 35.0 Å². The zero-order chi connectivity index (χ0) is 24.5. The van der Waals surface area contributed by atoms with Crippen molar-refractivity contribution in [2.24, 2.45) is 0 Å². The van der Waals surface area contributed by atoms with Crippen LogP contribution >= 0.6 is 12.2 Å². The molecular formula is C28H28N4O2S. The number of rotatable bonds is 6. The van der Waals surface area contributed by atoms with Gasteiger partial charge in [0.2, 0.25) is 0 Å². The van der Waals surface area contributed by atoms with Crippen LogP contribution in [0.5, 0.6) is 11.5 Å². The van der Waals surface area contributed by atoms with Crippen molar-refractivity contribution in [2.45, 2.75) is 25.9 Å². The van der Waals surface area contributed by atoms with E-state index < -0.39 is 0 Å². The lowest BCUT2D eigenvalue weighted by atomic mass is 9.96. The van der Waals surface area contributed by atoms with E-state index >= 15 is 0 Å². The molecule has 4 aromatic rings. The number of aryl methyl sites for hydroxylation is 1. The molecule has 0 spiro atoms. The fourth-order valence-electron chi connectivity index (χ4n) is 4.93. The molecule has 0 radical (unpaired) electrons. The number of benzene rings is 2. The number of pyridine rings is 1. The molecule has 1 aliphatic rings. The van der Waals surface area contributed by atoms with Crippen LogP contribution in [-0.2, 0) is 0 Å². The third-order valence-corrected chi connectivity index (χ3v) is 6.86. The van der Waals surface area contributed by atoms with Crippen LogP contribution in [0, 0.1) is 13.8 Å². The van der Waals surface area contributed by atoms with Gasteiger partial charge in [-0.3, -0.25) is 4.98 Å². The standard InChI is InChI=1S/C28H28N4O2S/c1-18-16-24(19(2)31(18)21-8-7-9-23(17-21)34-4)27-26(25-10-5-6-15-29-25)30-28(35)32(27)20-11-13-22(33-3)14-12-20/h5-17,26-27H,1-4H3,(H,30,35)/t26-,27+/m1/s1. The number of hydrogen-bond acceptors (Lipinski definition) is 4. The number of thiocarbonyl (C=S) groups is 1. The van der Waals surface area contributed by atoms with Gasteiger partial charge in [-0.2, -0.15) is 0 Å². The summed E-state index contributed by atoms with van der Waals surface area (Å²) in [5.74, 6) is 1.63. The number of nitrogens with one attached hydrogen (secondary N) is 1. The molecular weight excluding hydrogens is 456 g/mol. The molecule has 1 N–H and O–H groups in total. The molecule has 3 heterocycles. The molecule has 0 unspecified atom stereocenters. The zero-order valence-electron chi connectivity index (χ0n) is 20.2. The third-order valence-electron chi connectivity index (χ3n) is 6.55. The number of ether oxygens (including phenoxy) is 2. The minimum absolute atomic E-state index is 0.0867. The molecule has 6 nitrogen and oxygen atoms in total. The van der Waals surface area contributed by atoms with E-state index in [1.54, 1.807) is 14.2 Å². The second-order valence-electron chi connectivity index (χ2n) is 8.56. The van der Waals surface area contributed by atoms with E-state index in [1.807, 2.05) is 60.8 Å². The van der Waals surface area contributed by atoms with Gasteiger partial charge in [0.05, 0.1) is 32.0 Å². The lowest BCUT2D eigenvalue weighted by Crippen LogP contribution is -2.29. The first-order valence-electron chi connectivity index (χ1n) is 11.5. The van der Waals surface area contributed by atoms with E-state index in [9.17, 15) is 0 Å². The van der Waals surface area contributed by atoms with Gasteiger partial charge in [0.15, 0.2) is 5.11 Å². The average molecular weight is 485 g/mol. The number of anilines is 1. The van der Waals surface area contributed by atoms with Crippen LogP contribution in [0.2, 0.25) is 0 Å². The number of aromatic nitrogens is 2. The van der Waals surface area contributed by atoms with Crippen LogP contribution in [0.25, 0.3) is 5.69 Å². The molecule has 35 heavy (non-hydrogen) atoms. The van der Waals surface area contributed by atoms with Crippen molar-refractivity contribution in [1.29, 1.82) is 0 Å². The Hall–Kier alpha value is -3.84. The summed E-state index contributed by atoms with van der Waals surface area (Å²) < 4.78 is 13.1. The molecule has 2 aromatic heterocycles. The van der Waals surface area contributed by atoms with Gasteiger partial charge in [0.25, 0.3) is 0 Å². The smallest absolute Gasteiger partial charge is 0.174 e. The molecule has 2 aromatic carbocycles. The Bertz CT molecular complexity index is 1350. The molecule has 5 rings (SSSR count).